The van der Waals surface area contributed by atoms with Gasteiger partial charge >= 0.3 is 0 Å². The maximum Gasteiger partial charge on any atom is 0.239 e. The Morgan fingerprint density at radius 2 is 1.58 bits per heavy atom. The molecule has 2 N–H and O–H groups in total. The van der Waals surface area contributed by atoms with Gasteiger partial charge in [-0.1, -0.05) is 11.6 Å². The summed E-state index contributed by atoms with van der Waals surface area (Å²) in [5.41, 5.74) is 0. The van der Waals surface area contributed by atoms with Crippen LogP contribution in [0.2, 0.25) is 5.02 Å². The van der Waals surface area contributed by atoms with Gasteiger partial charge in [-0.05, 0) is 47.2 Å². The molecule has 2 aromatic heterocycles. The molecular formula is C15H15BrClN5O2. The van der Waals surface area contributed by atoms with Gasteiger partial charge in [-0.2, -0.15) is 0 Å². The van der Waals surface area contributed by atoms with E-state index in [0.29, 0.717) is 16.7 Å². The lowest BCUT2D eigenvalue weighted by atomic mass is 10.4. The van der Waals surface area contributed by atoms with Crippen LogP contribution in [-0.4, -0.2) is 46.8 Å². The van der Waals surface area contributed by atoms with E-state index in [2.05, 4.69) is 36.5 Å². The van der Waals surface area contributed by atoms with Gasteiger partial charge in [0.15, 0.2) is 0 Å². The van der Waals surface area contributed by atoms with Crippen molar-refractivity contribution < 1.29 is 9.59 Å². The van der Waals surface area contributed by atoms with E-state index in [0.717, 1.165) is 4.47 Å². The zero-order valence-electron chi connectivity index (χ0n) is 12.8. The van der Waals surface area contributed by atoms with Crippen LogP contribution in [0.25, 0.3) is 0 Å². The Balaban J connectivity index is 1.78. The largest absolute Gasteiger partial charge is 0.310 e. The molecule has 0 atom stereocenters. The topological polar surface area (TPSA) is 87.2 Å². The molecule has 0 aliphatic rings. The fourth-order valence-electron chi connectivity index (χ4n) is 1.81. The van der Waals surface area contributed by atoms with Gasteiger partial charge < -0.3 is 10.6 Å². The van der Waals surface area contributed by atoms with E-state index in [1.807, 2.05) is 0 Å². The number of hydrogen-bond donors (Lipinski definition) is 2. The van der Waals surface area contributed by atoms with E-state index in [9.17, 15) is 9.59 Å². The van der Waals surface area contributed by atoms with Crippen LogP contribution < -0.4 is 10.6 Å². The van der Waals surface area contributed by atoms with Gasteiger partial charge in [-0.3, -0.25) is 14.5 Å². The molecule has 2 rings (SSSR count). The van der Waals surface area contributed by atoms with Crippen molar-refractivity contribution >= 4 is 51.0 Å². The van der Waals surface area contributed by atoms with Crippen LogP contribution in [0, 0.1) is 0 Å². The molecule has 0 radical (unpaired) electrons. The van der Waals surface area contributed by atoms with Crippen molar-refractivity contribution in [1.29, 1.82) is 0 Å². The predicted molar refractivity (Wildman–Crippen MR) is 95.9 cm³/mol. The second kappa shape index (κ2) is 8.72. The first kappa shape index (κ1) is 18.3. The smallest absolute Gasteiger partial charge is 0.239 e. The predicted octanol–water partition coefficient (Wildman–Crippen LogP) is 2.40. The van der Waals surface area contributed by atoms with E-state index in [1.165, 1.54) is 6.20 Å². The molecule has 0 bridgehead atoms. The Morgan fingerprint density at radius 1 is 1.04 bits per heavy atom. The van der Waals surface area contributed by atoms with Gasteiger partial charge in [-0.25, -0.2) is 9.97 Å². The Labute approximate surface area is 152 Å². The molecule has 0 spiro atoms. The van der Waals surface area contributed by atoms with Gasteiger partial charge in [0.1, 0.15) is 11.6 Å². The molecular weight excluding hydrogens is 398 g/mol. The molecule has 0 aliphatic heterocycles. The minimum atomic E-state index is -0.276. The molecule has 0 saturated heterocycles. The van der Waals surface area contributed by atoms with Crippen LogP contribution in [0.5, 0.6) is 0 Å². The highest BCUT2D eigenvalue weighted by molar-refractivity contribution is 9.10. The van der Waals surface area contributed by atoms with E-state index in [4.69, 9.17) is 11.6 Å². The first-order chi connectivity index (χ1) is 11.4. The number of halogens is 2. The lowest BCUT2D eigenvalue weighted by Crippen LogP contribution is -2.36. The van der Waals surface area contributed by atoms with Crippen molar-refractivity contribution in [2.45, 2.75) is 0 Å². The maximum atomic E-state index is 11.9. The number of carbonyl (C=O) groups excluding carboxylic acids is 2. The SMILES string of the molecule is CN(CC(=O)Nc1ccc(Cl)cn1)CC(=O)Nc1ccc(Br)cn1. The van der Waals surface area contributed by atoms with Crippen LogP contribution in [0.15, 0.2) is 41.1 Å². The fraction of sp³-hybridized carbons (Fsp3) is 0.200. The first-order valence-corrected chi connectivity index (χ1v) is 8.11. The number of pyridine rings is 2. The minimum Gasteiger partial charge on any atom is -0.310 e. The molecule has 0 saturated carbocycles. The summed E-state index contributed by atoms with van der Waals surface area (Å²) in [5.74, 6) is 0.319. The monoisotopic (exact) mass is 411 g/mol. The van der Waals surface area contributed by atoms with Gasteiger partial charge in [0.05, 0.1) is 18.1 Å². The Morgan fingerprint density at radius 3 is 2.04 bits per heavy atom. The number of hydrogen-bond acceptors (Lipinski definition) is 5. The van der Waals surface area contributed by atoms with E-state index < -0.39 is 0 Å². The van der Waals surface area contributed by atoms with Gasteiger partial charge in [0.2, 0.25) is 11.8 Å². The van der Waals surface area contributed by atoms with E-state index in [1.54, 1.807) is 42.4 Å². The van der Waals surface area contributed by atoms with Crippen LogP contribution in [0.1, 0.15) is 0 Å². The summed E-state index contributed by atoms with van der Waals surface area (Å²) >= 11 is 9.00. The third-order valence-electron chi connectivity index (χ3n) is 2.82. The van der Waals surface area contributed by atoms with Crippen molar-refractivity contribution in [3.05, 3.63) is 46.2 Å². The maximum absolute atomic E-state index is 11.9. The summed E-state index contributed by atoms with van der Waals surface area (Å²) in [6, 6.07) is 6.69. The van der Waals surface area contributed by atoms with Crippen molar-refractivity contribution in [3.63, 3.8) is 0 Å². The molecule has 0 aliphatic carbocycles. The molecule has 2 amide bonds. The highest BCUT2D eigenvalue weighted by Crippen LogP contribution is 2.11. The number of rotatable bonds is 6. The summed E-state index contributed by atoms with van der Waals surface area (Å²) < 4.78 is 0.824. The lowest BCUT2D eigenvalue weighted by Gasteiger charge is -2.15. The zero-order valence-corrected chi connectivity index (χ0v) is 15.1. The van der Waals surface area contributed by atoms with E-state index >= 15 is 0 Å². The Kier molecular flexibility index (Phi) is 6.65. The molecule has 126 valence electrons. The van der Waals surface area contributed by atoms with Crippen molar-refractivity contribution in [1.82, 2.24) is 14.9 Å². The summed E-state index contributed by atoms with van der Waals surface area (Å²) in [6.07, 6.45) is 3.03. The van der Waals surface area contributed by atoms with Crippen molar-refractivity contribution in [2.75, 3.05) is 30.8 Å². The molecule has 0 unspecified atom stereocenters. The number of nitrogens with zero attached hydrogens (tertiary/aromatic N) is 3. The third kappa shape index (κ3) is 6.23. The van der Waals surface area contributed by atoms with E-state index in [-0.39, 0.29) is 24.9 Å². The number of carbonyl (C=O) groups is 2. The minimum absolute atomic E-state index is 0.0471. The number of likely N-dealkylation sites (N-methyl/N-ethyl adjacent to an activating group) is 1. The Hall–Kier alpha value is -2.03. The summed E-state index contributed by atoms with van der Waals surface area (Å²) in [4.78, 5) is 33.4. The molecule has 0 fully saturated rings. The number of aromatic nitrogens is 2. The van der Waals surface area contributed by atoms with Gasteiger partial charge in [-0.15, -0.1) is 0 Å². The number of nitrogens with one attached hydrogen (secondary N) is 2. The van der Waals surface area contributed by atoms with Gasteiger partial charge in [0, 0.05) is 16.9 Å². The molecule has 2 aromatic rings. The third-order valence-corrected chi connectivity index (χ3v) is 3.51. The molecule has 7 nitrogen and oxygen atoms in total. The van der Waals surface area contributed by atoms with Gasteiger partial charge in [0.25, 0.3) is 0 Å². The Bertz CT molecular complexity index is 647. The average Bonchev–Trinajstić information content (AvgIpc) is 2.51. The number of anilines is 2. The van der Waals surface area contributed by atoms with Crippen LogP contribution >= 0.6 is 27.5 Å². The number of amides is 2. The quantitative estimate of drug-likeness (QED) is 0.761. The second-order valence-electron chi connectivity index (χ2n) is 4.99. The second-order valence-corrected chi connectivity index (χ2v) is 6.34. The fourth-order valence-corrected chi connectivity index (χ4v) is 2.16. The van der Waals surface area contributed by atoms with Crippen molar-refractivity contribution in [2.24, 2.45) is 0 Å². The van der Waals surface area contributed by atoms with Crippen LogP contribution in [-0.2, 0) is 9.59 Å². The molecule has 2 heterocycles. The highest BCUT2D eigenvalue weighted by atomic mass is 79.9. The molecule has 24 heavy (non-hydrogen) atoms. The lowest BCUT2D eigenvalue weighted by molar-refractivity contribution is -0.119. The standard InChI is InChI=1S/C15H15BrClN5O2/c1-22(8-14(23)20-12-4-2-10(16)6-18-12)9-15(24)21-13-5-3-11(17)7-19-13/h2-7H,8-9H2,1H3,(H,18,20,23)(H,19,21,24). The first-order valence-electron chi connectivity index (χ1n) is 6.94. The summed E-state index contributed by atoms with van der Waals surface area (Å²) in [7, 11) is 1.67. The van der Waals surface area contributed by atoms with Crippen LogP contribution in [0.4, 0.5) is 11.6 Å². The zero-order chi connectivity index (χ0) is 17.5. The summed E-state index contributed by atoms with van der Waals surface area (Å²) in [5, 5.41) is 5.78. The molecule has 0 aromatic carbocycles. The normalized spacial score (nSPS) is 10.5. The summed E-state index contributed by atoms with van der Waals surface area (Å²) in [6.45, 7) is 0.102. The molecule has 9 heteroatoms. The highest BCUT2D eigenvalue weighted by Gasteiger charge is 2.12. The van der Waals surface area contributed by atoms with Crippen LogP contribution in [0.3, 0.4) is 0 Å². The van der Waals surface area contributed by atoms with Crippen molar-refractivity contribution in [3.8, 4) is 0 Å². The average molecular weight is 413 g/mol.